The monoisotopic (exact) mass is 382 g/mol. The Morgan fingerprint density at radius 2 is 2.00 bits per heavy atom. The van der Waals surface area contributed by atoms with Gasteiger partial charge in [-0.25, -0.2) is 9.78 Å². The Kier molecular flexibility index (Phi) is 4.68. The molecule has 3 N–H and O–H groups in total. The van der Waals surface area contributed by atoms with Gasteiger partial charge in [-0.3, -0.25) is 15.1 Å². The summed E-state index contributed by atoms with van der Waals surface area (Å²) in [4.78, 5) is 25.3. The summed E-state index contributed by atoms with van der Waals surface area (Å²) in [6.07, 6.45) is 5.48. The number of fused-ring (bicyclic) bond motifs is 1. The van der Waals surface area contributed by atoms with E-state index < -0.39 is 11.6 Å². The number of anilines is 2. The first-order valence-electron chi connectivity index (χ1n) is 9.20. The fraction of sp³-hybridized carbons (Fsp3) is 0.421. The zero-order chi connectivity index (χ0) is 19.7. The van der Waals surface area contributed by atoms with Gasteiger partial charge >= 0.3 is 5.97 Å². The van der Waals surface area contributed by atoms with Crippen LogP contribution in [0.1, 0.15) is 43.0 Å². The van der Waals surface area contributed by atoms with Crippen molar-refractivity contribution in [3.8, 4) is 0 Å². The van der Waals surface area contributed by atoms with E-state index in [2.05, 4.69) is 25.5 Å². The molecule has 0 radical (unpaired) electrons. The first-order chi connectivity index (χ1) is 13.5. The first-order valence-corrected chi connectivity index (χ1v) is 9.20. The fourth-order valence-corrected chi connectivity index (χ4v) is 3.82. The van der Waals surface area contributed by atoms with E-state index in [9.17, 15) is 9.90 Å². The van der Waals surface area contributed by atoms with Gasteiger partial charge in [-0.1, -0.05) is 0 Å². The van der Waals surface area contributed by atoms with Crippen molar-refractivity contribution in [2.45, 2.75) is 44.1 Å². The molecular formula is C19H22N6O3. The standard InChI is InChI=1S/C19H22N6O3/c1-11-9-15(25-24-11)22-14-10-13-17(21-8-7-20-13)16(23-14)12-3-5-19(28-2,6-4-12)18(26)27/h7-10,12H,3-6H2,1-2H3,(H,26,27)(H2,22,23,24,25). The van der Waals surface area contributed by atoms with Crippen molar-refractivity contribution in [1.29, 1.82) is 0 Å². The summed E-state index contributed by atoms with van der Waals surface area (Å²) in [6, 6.07) is 3.73. The number of carboxylic acids is 1. The van der Waals surface area contributed by atoms with E-state index in [-0.39, 0.29) is 5.92 Å². The molecule has 0 amide bonds. The molecule has 0 unspecified atom stereocenters. The highest BCUT2D eigenvalue weighted by molar-refractivity contribution is 5.81. The SMILES string of the molecule is COC1(C(=O)O)CCC(c2nc(Nc3cc(C)[nH]n3)cc3nccnc23)CC1. The highest BCUT2D eigenvalue weighted by atomic mass is 16.5. The third-order valence-electron chi connectivity index (χ3n) is 5.41. The van der Waals surface area contributed by atoms with E-state index in [0.717, 1.165) is 22.4 Å². The van der Waals surface area contributed by atoms with Crippen molar-refractivity contribution >= 4 is 28.6 Å². The number of rotatable bonds is 5. The minimum Gasteiger partial charge on any atom is -0.479 e. The van der Waals surface area contributed by atoms with Crippen molar-refractivity contribution in [2.75, 3.05) is 12.4 Å². The number of methoxy groups -OCH3 is 1. The molecule has 1 aliphatic rings. The number of aliphatic carboxylic acids is 1. The average molecular weight is 382 g/mol. The molecule has 0 aromatic carbocycles. The number of aromatic amines is 1. The van der Waals surface area contributed by atoms with Crippen molar-refractivity contribution < 1.29 is 14.6 Å². The number of carboxylic acid groups (broad SMARTS) is 1. The average Bonchev–Trinajstić information content (AvgIpc) is 3.12. The van der Waals surface area contributed by atoms with E-state index >= 15 is 0 Å². The van der Waals surface area contributed by atoms with E-state index in [1.807, 2.05) is 19.1 Å². The van der Waals surface area contributed by atoms with Crippen molar-refractivity contribution in [2.24, 2.45) is 0 Å². The van der Waals surface area contributed by atoms with Crippen LogP contribution >= 0.6 is 0 Å². The summed E-state index contributed by atoms with van der Waals surface area (Å²) in [6.45, 7) is 1.93. The maximum atomic E-state index is 11.6. The second kappa shape index (κ2) is 7.16. The Morgan fingerprint density at radius 3 is 2.64 bits per heavy atom. The number of nitrogens with one attached hydrogen (secondary N) is 2. The van der Waals surface area contributed by atoms with Crippen LogP contribution in [-0.4, -0.2) is 48.9 Å². The van der Waals surface area contributed by atoms with Crippen LogP contribution in [0.25, 0.3) is 11.0 Å². The van der Waals surface area contributed by atoms with Gasteiger partial charge in [-0.15, -0.1) is 0 Å². The summed E-state index contributed by atoms with van der Waals surface area (Å²) in [5, 5.41) is 19.8. The molecule has 9 nitrogen and oxygen atoms in total. The van der Waals surface area contributed by atoms with Crippen LogP contribution in [0.15, 0.2) is 24.5 Å². The number of H-pyrrole nitrogens is 1. The first kappa shape index (κ1) is 18.3. The molecule has 4 rings (SSSR count). The Labute approximate surface area is 161 Å². The molecule has 1 saturated carbocycles. The lowest BCUT2D eigenvalue weighted by Gasteiger charge is -2.35. The zero-order valence-electron chi connectivity index (χ0n) is 15.8. The van der Waals surface area contributed by atoms with Gasteiger partial charge in [0.2, 0.25) is 0 Å². The van der Waals surface area contributed by atoms with Gasteiger partial charge in [0.1, 0.15) is 11.3 Å². The third-order valence-corrected chi connectivity index (χ3v) is 5.41. The Bertz CT molecular complexity index is 1010. The fourth-order valence-electron chi connectivity index (χ4n) is 3.82. The summed E-state index contributed by atoms with van der Waals surface area (Å²) in [7, 11) is 1.46. The van der Waals surface area contributed by atoms with E-state index in [0.29, 0.717) is 37.3 Å². The van der Waals surface area contributed by atoms with Gasteiger partial charge < -0.3 is 15.2 Å². The van der Waals surface area contributed by atoms with Crippen LogP contribution in [0.3, 0.4) is 0 Å². The number of hydrogen-bond acceptors (Lipinski definition) is 7. The maximum absolute atomic E-state index is 11.6. The molecule has 0 spiro atoms. The number of aryl methyl sites for hydroxylation is 1. The maximum Gasteiger partial charge on any atom is 0.335 e. The van der Waals surface area contributed by atoms with Crippen LogP contribution < -0.4 is 5.32 Å². The van der Waals surface area contributed by atoms with E-state index in [1.54, 1.807) is 12.4 Å². The Hall–Kier alpha value is -3.07. The van der Waals surface area contributed by atoms with Gasteiger partial charge in [-0.2, -0.15) is 5.10 Å². The number of aromatic nitrogens is 5. The Balaban J connectivity index is 1.67. The highest BCUT2D eigenvalue weighted by Gasteiger charge is 2.43. The zero-order valence-corrected chi connectivity index (χ0v) is 15.8. The molecule has 1 fully saturated rings. The molecule has 3 aromatic rings. The quantitative estimate of drug-likeness (QED) is 0.615. The molecule has 3 heterocycles. The topological polar surface area (TPSA) is 126 Å². The van der Waals surface area contributed by atoms with E-state index in [1.165, 1.54) is 7.11 Å². The number of carbonyl (C=O) groups is 1. The molecule has 146 valence electrons. The van der Waals surface area contributed by atoms with Crippen LogP contribution in [0.5, 0.6) is 0 Å². The van der Waals surface area contributed by atoms with Crippen LogP contribution in [0.2, 0.25) is 0 Å². The largest absolute Gasteiger partial charge is 0.479 e. The molecule has 0 saturated heterocycles. The van der Waals surface area contributed by atoms with Gasteiger partial charge in [-0.05, 0) is 32.6 Å². The summed E-state index contributed by atoms with van der Waals surface area (Å²) >= 11 is 0. The second-order valence-corrected chi connectivity index (χ2v) is 7.16. The summed E-state index contributed by atoms with van der Waals surface area (Å²) < 4.78 is 5.34. The molecule has 9 heteroatoms. The summed E-state index contributed by atoms with van der Waals surface area (Å²) in [5.41, 5.74) is 2.15. The predicted molar refractivity (Wildman–Crippen MR) is 103 cm³/mol. The van der Waals surface area contributed by atoms with Crippen molar-refractivity contribution in [3.05, 3.63) is 35.9 Å². The Morgan fingerprint density at radius 1 is 1.25 bits per heavy atom. The minimum absolute atomic E-state index is 0.0875. The summed E-state index contributed by atoms with van der Waals surface area (Å²) in [5.74, 6) is 0.489. The lowest BCUT2D eigenvalue weighted by Crippen LogP contribution is -2.43. The van der Waals surface area contributed by atoms with Gasteiger partial charge in [0.15, 0.2) is 11.4 Å². The van der Waals surface area contributed by atoms with Crippen LogP contribution in [0.4, 0.5) is 11.6 Å². The van der Waals surface area contributed by atoms with Gasteiger partial charge in [0.05, 0.1) is 11.2 Å². The molecule has 0 bridgehead atoms. The van der Waals surface area contributed by atoms with Crippen LogP contribution in [-0.2, 0) is 9.53 Å². The van der Waals surface area contributed by atoms with Crippen LogP contribution in [0, 0.1) is 6.92 Å². The van der Waals surface area contributed by atoms with Crippen molar-refractivity contribution in [1.82, 2.24) is 25.1 Å². The molecule has 1 aliphatic carbocycles. The number of nitrogens with zero attached hydrogens (tertiary/aromatic N) is 4. The smallest absolute Gasteiger partial charge is 0.335 e. The normalized spacial score (nSPS) is 22.3. The lowest BCUT2D eigenvalue weighted by molar-refractivity contribution is -0.166. The molecular weight excluding hydrogens is 360 g/mol. The molecule has 0 aliphatic heterocycles. The number of pyridine rings is 1. The second-order valence-electron chi connectivity index (χ2n) is 7.16. The van der Waals surface area contributed by atoms with Gasteiger partial charge in [0.25, 0.3) is 0 Å². The third kappa shape index (κ3) is 3.29. The van der Waals surface area contributed by atoms with E-state index in [4.69, 9.17) is 9.72 Å². The predicted octanol–water partition coefficient (Wildman–Crippen LogP) is 2.93. The molecule has 28 heavy (non-hydrogen) atoms. The van der Waals surface area contributed by atoms with Gasteiger partial charge in [0, 0.05) is 43.2 Å². The number of hydrogen-bond donors (Lipinski definition) is 3. The molecule has 3 aromatic heterocycles. The number of ether oxygens (including phenoxy) is 1. The lowest BCUT2D eigenvalue weighted by atomic mass is 9.77. The minimum atomic E-state index is -1.11. The highest BCUT2D eigenvalue weighted by Crippen LogP contribution is 2.41. The van der Waals surface area contributed by atoms with Crippen molar-refractivity contribution in [3.63, 3.8) is 0 Å². The molecule has 0 atom stereocenters.